The summed E-state index contributed by atoms with van der Waals surface area (Å²) in [6, 6.07) is 0. The molecule has 1 atom stereocenters. The normalized spacial score (nSPS) is 13.3. The van der Waals surface area contributed by atoms with E-state index in [1.165, 1.54) is 6.42 Å². The zero-order chi connectivity index (χ0) is 9.40. The number of thioether (sulfide) groups is 1. The largest absolute Gasteiger partial charge is 0.399 e. The van der Waals surface area contributed by atoms with Crippen LogP contribution in [-0.4, -0.2) is 28.4 Å². The molecule has 0 aliphatic rings. The summed E-state index contributed by atoms with van der Waals surface area (Å²) in [7, 11) is 2.01. The van der Waals surface area contributed by atoms with Crippen LogP contribution in [0.25, 0.3) is 0 Å². The Morgan fingerprint density at radius 1 is 1.50 bits per heavy atom. The van der Waals surface area contributed by atoms with Gasteiger partial charge in [-0.3, -0.25) is 0 Å². The molecule has 0 amide bonds. The Bertz CT molecular complexity index is 118. The summed E-state index contributed by atoms with van der Waals surface area (Å²) in [6.07, 6.45) is 2.32. The fourth-order valence-electron chi connectivity index (χ4n) is 1.08. The van der Waals surface area contributed by atoms with Gasteiger partial charge < -0.3 is 8.85 Å². The summed E-state index contributed by atoms with van der Waals surface area (Å²) in [5, 5.41) is 1.87. The predicted molar refractivity (Wildman–Crippen MR) is 57.7 cm³/mol. The zero-order valence-corrected chi connectivity index (χ0v) is 10.0. The maximum atomic E-state index is 5.31. The highest BCUT2D eigenvalue weighted by Crippen LogP contribution is 2.20. The molecule has 0 aromatic carbocycles. The van der Waals surface area contributed by atoms with Crippen LogP contribution in [0.2, 0.25) is 0 Å². The van der Waals surface area contributed by atoms with Crippen LogP contribution in [-0.2, 0) is 8.85 Å². The molecule has 72 valence electrons. The lowest BCUT2D eigenvalue weighted by Crippen LogP contribution is -2.32. The molecule has 0 aromatic heterocycles. The van der Waals surface area contributed by atoms with E-state index in [1.54, 1.807) is 26.0 Å². The molecule has 4 heteroatoms. The van der Waals surface area contributed by atoms with Gasteiger partial charge in [-0.05, 0) is 11.8 Å². The first-order valence-corrected chi connectivity index (χ1v) is 6.67. The Kier molecular flexibility index (Phi) is 8.00. The minimum absolute atomic E-state index is 0.502. The van der Waals surface area contributed by atoms with Gasteiger partial charge in [-0.25, -0.2) is 0 Å². The van der Waals surface area contributed by atoms with Crippen LogP contribution in [0.1, 0.15) is 19.8 Å². The summed E-state index contributed by atoms with van der Waals surface area (Å²) >= 11 is 1.73. The zero-order valence-electron chi connectivity index (χ0n) is 8.08. The molecule has 1 unspecified atom stereocenters. The number of rotatable bonds is 7. The van der Waals surface area contributed by atoms with E-state index in [0.717, 1.165) is 6.42 Å². The molecule has 0 saturated heterocycles. The maximum Gasteiger partial charge on any atom is 0.334 e. The molecule has 0 N–H and O–H groups in total. The van der Waals surface area contributed by atoms with Crippen molar-refractivity contribution in [3.63, 3.8) is 0 Å². The van der Waals surface area contributed by atoms with Crippen molar-refractivity contribution in [1.29, 1.82) is 0 Å². The minimum Gasteiger partial charge on any atom is -0.399 e. The predicted octanol–water partition coefficient (Wildman–Crippen LogP) is 2.08. The second kappa shape index (κ2) is 7.85. The first-order chi connectivity index (χ1) is 5.79. The lowest BCUT2D eigenvalue weighted by molar-refractivity contribution is 0.274. The van der Waals surface area contributed by atoms with E-state index in [1.807, 2.05) is 5.41 Å². The Labute approximate surface area is 81.2 Å². The summed E-state index contributed by atoms with van der Waals surface area (Å²) in [5.74, 6) is 0. The molecule has 0 aromatic rings. The van der Waals surface area contributed by atoms with E-state index >= 15 is 0 Å². The van der Waals surface area contributed by atoms with Gasteiger partial charge in [0.2, 0.25) is 0 Å². The molecule has 0 saturated carbocycles. The molecule has 0 aliphatic heterocycles. The Morgan fingerprint density at radius 3 is 2.42 bits per heavy atom. The third kappa shape index (κ3) is 4.30. The average molecular weight is 206 g/mol. The van der Waals surface area contributed by atoms with Gasteiger partial charge in [-0.1, -0.05) is 19.9 Å². The van der Waals surface area contributed by atoms with Crippen LogP contribution < -0.4 is 0 Å². The van der Waals surface area contributed by atoms with Crippen molar-refractivity contribution >= 4 is 21.0 Å². The van der Waals surface area contributed by atoms with E-state index in [-0.39, 0.29) is 0 Å². The molecule has 0 aliphatic carbocycles. The molecule has 0 spiro atoms. The first kappa shape index (κ1) is 12.2. The number of hydrogen-bond donors (Lipinski definition) is 0. The monoisotopic (exact) mass is 206 g/mol. The molecular weight excluding hydrogens is 188 g/mol. The Balaban J connectivity index is 3.94. The highest BCUT2D eigenvalue weighted by Gasteiger charge is 2.22. The lowest BCUT2D eigenvalue weighted by Gasteiger charge is -2.19. The van der Waals surface area contributed by atoms with Gasteiger partial charge in [0.25, 0.3) is 0 Å². The van der Waals surface area contributed by atoms with E-state index in [4.69, 9.17) is 8.85 Å². The van der Waals surface area contributed by atoms with E-state index in [0.29, 0.717) is 4.87 Å². The third-order valence-electron chi connectivity index (χ3n) is 1.61. The average Bonchev–Trinajstić information content (AvgIpc) is 2.07. The smallest absolute Gasteiger partial charge is 0.334 e. The fraction of sp³-hybridized carbons (Fsp3) is 0.750. The van der Waals surface area contributed by atoms with Crippen molar-refractivity contribution in [3.05, 3.63) is 12.0 Å². The minimum atomic E-state index is -1.45. The maximum absolute atomic E-state index is 5.31. The van der Waals surface area contributed by atoms with Crippen LogP contribution in [0.15, 0.2) is 12.0 Å². The fourth-order valence-corrected chi connectivity index (χ4v) is 4.61. The quantitative estimate of drug-likeness (QED) is 0.594. The van der Waals surface area contributed by atoms with E-state index in [9.17, 15) is 0 Å². The topological polar surface area (TPSA) is 18.5 Å². The van der Waals surface area contributed by atoms with Crippen LogP contribution in [0, 0.1) is 0 Å². The molecular formula is C8H18O2SSi. The molecule has 12 heavy (non-hydrogen) atoms. The van der Waals surface area contributed by atoms with Crippen molar-refractivity contribution in [2.24, 2.45) is 0 Å². The Morgan fingerprint density at radius 2 is 2.08 bits per heavy atom. The van der Waals surface area contributed by atoms with Gasteiger partial charge in [-0.15, -0.1) is 11.8 Å². The van der Waals surface area contributed by atoms with E-state index in [2.05, 4.69) is 13.5 Å². The van der Waals surface area contributed by atoms with Crippen LogP contribution in [0.5, 0.6) is 0 Å². The molecule has 0 fully saturated rings. The number of hydrogen-bond acceptors (Lipinski definition) is 3. The van der Waals surface area contributed by atoms with Gasteiger partial charge in [0.05, 0.1) is 0 Å². The van der Waals surface area contributed by atoms with Gasteiger partial charge in [0.1, 0.15) is 0 Å². The summed E-state index contributed by atoms with van der Waals surface area (Å²) in [6.45, 7) is 5.88. The molecule has 0 rings (SSSR count). The highest BCUT2D eigenvalue weighted by molar-refractivity contribution is 8.04. The molecule has 0 radical (unpaired) electrons. The van der Waals surface area contributed by atoms with Gasteiger partial charge in [0, 0.05) is 19.1 Å². The SMILES string of the molecule is C=CSC(CCC)[SiH](OC)OC. The summed E-state index contributed by atoms with van der Waals surface area (Å²) in [4.78, 5) is 0.502. The third-order valence-corrected chi connectivity index (χ3v) is 5.40. The van der Waals surface area contributed by atoms with Crippen LogP contribution in [0.4, 0.5) is 0 Å². The van der Waals surface area contributed by atoms with Gasteiger partial charge in [0.15, 0.2) is 0 Å². The van der Waals surface area contributed by atoms with Gasteiger partial charge in [-0.2, -0.15) is 0 Å². The van der Waals surface area contributed by atoms with Crippen LogP contribution in [0.3, 0.4) is 0 Å². The Hall–Kier alpha value is 0.227. The lowest BCUT2D eigenvalue weighted by atomic mass is 10.4. The standard InChI is InChI=1S/C8H18O2SSi/c1-5-7-8(11-6-2)12(9-3)10-4/h6,8,12H,2,5,7H2,1,3-4H3. The van der Waals surface area contributed by atoms with E-state index < -0.39 is 9.28 Å². The van der Waals surface area contributed by atoms with Gasteiger partial charge >= 0.3 is 9.28 Å². The van der Waals surface area contributed by atoms with Crippen molar-refractivity contribution in [2.75, 3.05) is 14.2 Å². The second-order valence-corrected chi connectivity index (χ2v) is 6.65. The van der Waals surface area contributed by atoms with Crippen molar-refractivity contribution < 1.29 is 8.85 Å². The summed E-state index contributed by atoms with van der Waals surface area (Å²) in [5.41, 5.74) is 0. The second-order valence-electron chi connectivity index (χ2n) is 2.47. The first-order valence-electron chi connectivity index (χ1n) is 4.12. The molecule has 2 nitrogen and oxygen atoms in total. The molecule has 0 bridgehead atoms. The highest BCUT2D eigenvalue weighted by atomic mass is 32.2. The van der Waals surface area contributed by atoms with Crippen molar-refractivity contribution in [3.8, 4) is 0 Å². The van der Waals surface area contributed by atoms with Crippen LogP contribution >= 0.6 is 11.8 Å². The summed E-state index contributed by atoms with van der Waals surface area (Å²) < 4.78 is 10.6. The van der Waals surface area contributed by atoms with Crippen molar-refractivity contribution in [2.45, 2.75) is 24.6 Å². The van der Waals surface area contributed by atoms with Crippen molar-refractivity contribution in [1.82, 2.24) is 0 Å². The molecule has 0 heterocycles.